The van der Waals surface area contributed by atoms with Gasteiger partial charge in [-0.25, -0.2) is 4.79 Å². The molecule has 58 heavy (non-hydrogen) atoms. The maximum atomic E-state index is 13.5. The molecule has 0 bridgehead atoms. The Kier molecular flexibility index (Phi) is 23.6. The number of nitrogens with one attached hydrogen (secondary N) is 6. The number of aliphatic hydroxyl groups excluding tert-OH is 1. The molecule has 7 amide bonds. The van der Waals surface area contributed by atoms with E-state index in [0.29, 0.717) is 0 Å². The number of hydrogen-bond donors (Lipinski definition) is 15. The third kappa shape index (κ3) is 21.7. The number of nitrogens with zero attached hydrogens (tertiary/aromatic N) is 2. The molecular weight excluding hydrogens is 772 g/mol. The molecule has 0 aromatic heterocycles. The number of carboxylic acids is 2. The lowest BCUT2D eigenvalue weighted by atomic mass is 10.0. The molecule has 0 saturated heterocycles. The van der Waals surface area contributed by atoms with Crippen LogP contribution in [0.2, 0.25) is 0 Å². The number of amides is 7. The number of hydrogen-bond acceptors (Lipinski definition) is 13. The summed E-state index contributed by atoms with van der Waals surface area (Å²) in [6, 6.07) is -10.7. The Hall–Kier alpha value is -6.31. The molecule has 21 N–H and O–H groups in total. The molecule has 0 rings (SSSR count). The van der Waals surface area contributed by atoms with Gasteiger partial charge in [0.05, 0.1) is 25.5 Å². The van der Waals surface area contributed by atoms with Crippen molar-refractivity contribution in [1.82, 2.24) is 31.9 Å². The number of nitrogens with two attached hydrogens (primary N) is 6. The number of carbonyl (C=O) groups excluding carboxylic acids is 7. The molecule has 0 aromatic rings. The van der Waals surface area contributed by atoms with Gasteiger partial charge in [-0.05, 0) is 44.9 Å². The summed E-state index contributed by atoms with van der Waals surface area (Å²) in [6.45, 7) is 3.88. The van der Waals surface area contributed by atoms with Crippen LogP contribution in [0.25, 0.3) is 0 Å². The summed E-state index contributed by atoms with van der Waals surface area (Å²) < 4.78 is 0. The minimum Gasteiger partial charge on any atom is -0.481 e. The van der Waals surface area contributed by atoms with Crippen LogP contribution in [-0.2, 0) is 43.2 Å². The number of rotatable bonds is 28. The number of primary amides is 1. The Balaban J connectivity index is 5.92. The number of aliphatic hydroxyl groups is 1. The zero-order valence-electron chi connectivity index (χ0n) is 32.6. The van der Waals surface area contributed by atoms with Crippen molar-refractivity contribution < 1.29 is 58.5 Å². The van der Waals surface area contributed by atoms with E-state index in [2.05, 4.69) is 41.9 Å². The van der Waals surface area contributed by atoms with Gasteiger partial charge in [-0.1, -0.05) is 13.8 Å². The summed E-state index contributed by atoms with van der Waals surface area (Å²) >= 11 is 0. The van der Waals surface area contributed by atoms with Crippen molar-refractivity contribution in [2.75, 3.05) is 19.7 Å². The molecule has 0 unspecified atom stereocenters. The fourth-order valence-corrected chi connectivity index (χ4v) is 4.87. The largest absolute Gasteiger partial charge is 0.481 e. The summed E-state index contributed by atoms with van der Waals surface area (Å²) in [7, 11) is 0. The molecule has 0 radical (unpaired) electrons. The molecule has 328 valence electrons. The van der Waals surface area contributed by atoms with Crippen molar-refractivity contribution in [3.63, 3.8) is 0 Å². The minimum atomic E-state index is -1.94. The van der Waals surface area contributed by atoms with Gasteiger partial charge in [0, 0.05) is 13.1 Å². The maximum absolute atomic E-state index is 13.5. The predicted molar refractivity (Wildman–Crippen MR) is 205 cm³/mol. The van der Waals surface area contributed by atoms with Gasteiger partial charge < -0.3 is 81.6 Å². The van der Waals surface area contributed by atoms with Crippen LogP contribution in [0.3, 0.4) is 0 Å². The van der Waals surface area contributed by atoms with E-state index in [1.807, 2.05) is 0 Å². The molecule has 0 aliphatic heterocycles. The van der Waals surface area contributed by atoms with Crippen LogP contribution in [0.5, 0.6) is 0 Å². The Labute approximate surface area is 333 Å². The Bertz CT molecular complexity index is 1520. The zero-order chi connectivity index (χ0) is 44.7. The van der Waals surface area contributed by atoms with Crippen molar-refractivity contribution in [2.45, 2.75) is 108 Å². The Morgan fingerprint density at radius 2 is 0.983 bits per heavy atom. The number of aliphatic imine (C=N–C) groups is 2. The van der Waals surface area contributed by atoms with Gasteiger partial charge in [0.15, 0.2) is 11.9 Å². The van der Waals surface area contributed by atoms with Crippen LogP contribution in [0, 0.1) is 5.92 Å². The first-order valence-electron chi connectivity index (χ1n) is 18.0. The molecular formula is C32H58N14O12. The molecule has 0 aliphatic rings. The van der Waals surface area contributed by atoms with E-state index in [0.717, 1.165) is 0 Å². The summed E-state index contributed by atoms with van der Waals surface area (Å²) in [5.74, 6) is -11.0. The van der Waals surface area contributed by atoms with E-state index in [1.165, 1.54) is 6.92 Å². The fourth-order valence-electron chi connectivity index (χ4n) is 4.87. The van der Waals surface area contributed by atoms with Crippen molar-refractivity contribution in [3.8, 4) is 0 Å². The van der Waals surface area contributed by atoms with E-state index < -0.39 is 115 Å². The number of carbonyl (C=O) groups is 9. The highest BCUT2D eigenvalue weighted by atomic mass is 16.4. The maximum Gasteiger partial charge on any atom is 0.326 e. The molecule has 0 aliphatic carbocycles. The summed E-state index contributed by atoms with van der Waals surface area (Å²) in [4.78, 5) is 121. The van der Waals surface area contributed by atoms with E-state index in [1.54, 1.807) is 13.8 Å². The fraction of sp³-hybridized carbons (Fsp3) is 0.656. The Morgan fingerprint density at radius 3 is 1.43 bits per heavy atom. The lowest BCUT2D eigenvalue weighted by Crippen LogP contribution is -2.60. The lowest BCUT2D eigenvalue weighted by molar-refractivity contribution is -0.143. The minimum absolute atomic E-state index is 0.0441. The number of guanidine groups is 2. The van der Waals surface area contributed by atoms with Crippen LogP contribution in [0.15, 0.2) is 9.98 Å². The highest BCUT2D eigenvalue weighted by molar-refractivity contribution is 5.99. The second-order valence-corrected chi connectivity index (χ2v) is 13.5. The molecule has 0 spiro atoms. The van der Waals surface area contributed by atoms with E-state index in [9.17, 15) is 58.5 Å². The first-order valence-corrected chi connectivity index (χ1v) is 18.0. The van der Waals surface area contributed by atoms with E-state index in [-0.39, 0.29) is 63.0 Å². The Morgan fingerprint density at radius 1 is 0.552 bits per heavy atom. The van der Waals surface area contributed by atoms with Gasteiger partial charge in [-0.2, -0.15) is 0 Å². The third-order valence-corrected chi connectivity index (χ3v) is 7.82. The molecule has 0 heterocycles. The topological polar surface area (TPSA) is 467 Å². The van der Waals surface area contributed by atoms with E-state index in [4.69, 9.17) is 34.4 Å². The van der Waals surface area contributed by atoms with Crippen LogP contribution in [0.1, 0.15) is 65.7 Å². The van der Waals surface area contributed by atoms with Gasteiger partial charge >= 0.3 is 11.9 Å². The standard InChI is InChI=1S/C32H58N14O12/c1-14(2)10-18(26(53)41-15(3)24(51)42-17(30(57)58)7-5-9-40-32(37)38)43-27(54)19(11-22(34)48)44-28(55)20(12-23(49)50)45-29(56)21(13-47)46-25(52)16(33)6-4-8-39-31(35)36/h14-21,47H,4-13,33H2,1-3H3,(H2,34,48)(H,41,53)(H,42,51)(H,43,54)(H,44,55)(H,45,56)(H,46,52)(H,49,50)(H,57,58)(H4,35,36,39)(H4,37,38,40)/t15-,16-,17-,18-,19-,20-,21-/m0/s1. The monoisotopic (exact) mass is 830 g/mol. The SMILES string of the molecule is CC(C)C[C@H](NC(=O)[C@H](CC(N)=O)NC(=O)[C@H](CC(=O)O)NC(=O)[C@H](CO)NC(=O)[C@@H](N)CCCN=C(N)N)C(=O)N[C@@H](C)C(=O)N[C@@H](CCCN=C(N)N)C(=O)O. The second-order valence-electron chi connectivity index (χ2n) is 13.5. The smallest absolute Gasteiger partial charge is 0.326 e. The van der Waals surface area contributed by atoms with Crippen LogP contribution >= 0.6 is 0 Å². The number of carboxylic acid groups (broad SMARTS) is 2. The molecule has 26 nitrogen and oxygen atoms in total. The van der Waals surface area contributed by atoms with Gasteiger partial charge in [0.1, 0.15) is 36.3 Å². The molecule has 0 saturated carbocycles. The van der Waals surface area contributed by atoms with Crippen molar-refractivity contribution in [1.29, 1.82) is 0 Å². The molecule has 7 atom stereocenters. The van der Waals surface area contributed by atoms with Crippen molar-refractivity contribution >= 4 is 65.2 Å². The van der Waals surface area contributed by atoms with Crippen LogP contribution < -0.4 is 66.3 Å². The first-order chi connectivity index (χ1) is 27.0. The second kappa shape index (κ2) is 26.5. The highest BCUT2D eigenvalue weighted by Gasteiger charge is 2.34. The summed E-state index contributed by atoms with van der Waals surface area (Å²) in [6.07, 6.45) is -1.48. The number of aliphatic carboxylic acids is 2. The van der Waals surface area contributed by atoms with Gasteiger partial charge in [0.25, 0.3) is 0 Å². The van der Waals surface area contributed by atoms with Crippen LogP contribution in [-0.4, -0.2) is 143 Å². The van der Waals surface area contributed by atoms with Gasteiger partial charge in [-0.15, -0.1) is 0 Å². The average Bonchev–Trinajstić information content (AvgIpc) is 3.11. The normalized spacial score (nSPS) is 14.4. The predicted octanol–water partition coefficient (Wildman–Crippen LogP) is -7.18. The van der Waals surface area contributed by atoms with Crippen molar-refractivity contribution in [3.05, 3.63) is 0 Å². The summed E-state index contributed by atoms with van der Waals surface area (Å²) in [5.41, 5.74) is 32.1. The quantitative estimate of drug-likeness (QED) is 0.0198. The highest BCUT2D eigenvalue weighted by Crippen LogP contribution is 2.08. The molecule has 26 heteroatoms. The molecule has 0 fully saturated rings. The van der Waals surface area contributed by atoms with E-state index >= 15 is 0 Å². The molecule has 0 aromatic carbocycles. The first kappa shape index (κ1) is 51.7. The van der Waals surface area contributed by atoms with Crippen molar-refractivity contribution in [2.24, 2.45) is 50.3 Å². The van der Waals surface area contributed by atoms with Gasteiger partial charge in [-0.3, -0.25) is 48.3 Å². The van der Waals surface area contributed by atoms with Gasteiger partial charge in [0.2, 0.25) is 41.4 Å². The lowest BCUT2D eigenvalue weighted by Gasteiger charge is -2.27. The summed E-state index contributed by atoms with van der Waals surface area (Å²) in [5, 5.41) is 42.1. The average molecular weight is 831 g/mol. The third-order valence-electron chi connectivity index (χ3n) is 7.82. The van der Waals surface area contributed by atoms with Crippen LogP contribution in [0.4, 0.5) is 0 Å². The zero-order valence-corrected chi connectivity index (χ0v) is 32.6.